The van der Waals surface area contributed by atoms with Crippen molar-refractivity contribution in [2.24, 2.45) is 0 Å². The largest absolute Gasteiger partial charge is 0.496 e. The minimum absolute atomic E-state index is 0.553. The van der Waals surface area contributed by atoms with Gasteiger partial charge in [-0.3, -0.25) is 0 Å². The zero-order valence-electron chi connectivity index (χ0n) is 25.6. The van der Waals surface area contributed by atoms with E-state index in [2.05, 4.69) is 97.1 Å². The van der Waals surface area contributed by atoms with Crippen molar-refractivity contribution in [2.75, 3.05) is 28.4 Å². The fraction of sp³-hybridized carbons (Fsp3) is 0.211. The summed E-state index contributed by atoms with van der Waals surface area (Å²) >= 11 is 0. The molecule has 2 aliphatic rings. The first-order valence-electron chi connectivity index (χ1n) is 14.9. The molecule has 5 aromatic rings. The summed E-state index contributed by atoms with van der Waals surface area (Å²) in [5.41, 5.74) is 10.00. The van der Waals surface area contributed by atoms with Crippen LogP contribution in [0.2, 0.25) is 0 Å². The average Bonchev–Trinajstić information content (AvgIpc) is 3.36. The predicted molar refractivity (Wildman–Crippen MR) is 184 cm³/mol. The monoisotopic (exact) mass is 618 g/mol. The van der Waals surface area contributed by atoms with E-state index in [1.54, 1.807) is 28.4 Å². The molecule has 0 atom stereocenters. The molecule has 6 heteroatoms. The number of methoxy groups -OCH3 is 4. The molecule has 0 amide bonds. The molecule has 0 saturated carbocycles. The Kier molecular flexibility index (Phi) is 8.06. The Balaban J connectivity index is 1.38. The topological polar surface area (TPSA) is 36.9 Å². The SMILES string of the molecule is COc1cccc2c1-c1c(cccc1OC)CP(c1ccccc1P1Cc3cccc(OC)c3-c3c(cccc3OC)C1)C2. The third-order valence-electron chi connectivity index (χ3n) is 8.84. The molecule has 0 saturated heterocycles. The van der Waals surface area contributed by atoms with Gasteiger partial charge in [-0.2, -0.15) is 0 Å². The standard InChI is InChI=1S/C38H36O4P2/c1-39-29-15-7-11-25-21-43(22-26-12-8-16-30(40-2)36(26)35(25)29)33-19-5-6-20-34(33)44-23-27-13-9-17-31(41-3)37(27)38-28(24-44)14-10-18-32(38)42-4/h5-20H,21-24H2,1-4H3. The predicted octanol–water partition coefficient (Wildman–Crippen LogP) is 8.70. The smallest absolute Gasteiger partial charge is 0.127 e. The van der Waals surface area contributed by atoms with E-state index >= 15 is 0 Å². The second-order valence-corrected chi connectivity index (χ2v) is 15.6. The molecule has 2 aliphatic heterocycles. The van der Waals surface area contributed by atoms with Gasteiger partial charge >= 0.3 is 0 Å². The van der Waals surface area contributed by atoms with Crippen molar-refractivity contribution >= 4 is 26.5 Å². The summed E-state index contributed by atoms with van der Waals surface area (Å²) in [6.07, 6.45) is 3.98. The van der Waals surface area contributed by atoms with Crippen molar-refractivity contribution in [3.63, 3.8) is 0 Å². The maximum atomic E-state index is 5.94. The minimum Gasteiger partial charge on any atom is -0.496 e. The zero-order valence-corrected chi connectivity index (χ0v) is 27.4. The molecule has 2 heterocycles. The molecular formula is C38H36O4P2. The lowest BCUT2D eigenvalue weighted by Gasteiger charge is -2.26. The number of rotatable bonds is 6. The highest BCUT2D eigenvalue weighted by atomic mass is 31.1. The molecule has 0 unspecified atom stereocenters. The van der Waals surface area contributed by atoms with Crippen LogP contribution in [0.25, 0.3) is 22.3 Å². The Labute approximate surface area is 262 Å². The molecule has 0 spiro atoms. The summed E-state index contributed by atoms with van der Waals surface area (Å²) < 4.78 is 23.7. The van der Waals surface area contributed by atoms with Gasteiger partial charge in [-0.25, -0.2) is 0 Å². The molecular weight excluding hydrogens is 582 g/mol. The molecule has 0 fully saturated rings. The first-order chi connectivity index (χ1) is 21.6. The summed E-state index contributed by atoms with van der Waals surface area (Å²) in [6, 6.07) is 35.2. The molecule has 7 rings (SSSR count). The van der Waals surface area contributed by atoms with Crippen molar-refractivity contribution in [3.8, 4) is 45.3 Å². The molecule has 5 aromatic carbocycles. The maximum Gasteiger partial charge on any atom is 0.127 e. The van der Waals surface area contributed by atoms with E-state index < -0.39 is 15.8 Å². The van der Waals surface area contributed by atoms with Gasteiger partial charge in [0.25, 0.3) is 0 Å². The summed E-state index contributed by atoms with van der Waals surface area (Å²) in [6.45, 7) is 0. The highest BCUT2D eigenvalue weighted by Gasteiger charge is 2.32. The maximum absolute atomic E-state index is 5.94. The molecule has 4 nitrogen and oxygen atoms in total. The molecule has 222 valence electrons. The molecule has 0 aromatic heterocycles. The summed E-state index contributed by atoms with van der Waals surface area (Å²) in [5, 5.41) is 3.02. The number of ether oxygens (including phenoxy) is 4. The number of fused-ring (bicyclic) bond motifs is 6. The first-order valence-corrected chi connectivity index (χ1v) is 18.3. The Bertz CT molecular complexity index is 1600. The number of hydrogen-bond acceptors (Lipinski definition) is 4. The van der Waals surface area contributed by atoms with Gasteiger partial charge in [-0.1, -0.05) is 88.6 Å². The van der Waals surface area contributed by atoms with Crippen LogP contribution in [0.5, 0.6) is 23.0 Å². The van der Waals surface area contributed by atoms with Crippen LogP contribution in [0.15, 0.2) is 97.1 Å². The van der Waals surface area contributed by atoms with Crippen molar-refractivity contribution in [2.45, 2.75) is 24.6 Å². The third-order valence-corrected chi connectivity index (χ3v) is 14.0. The van der Waals surface area contributed by atoms with E-state index in [1.165, 1.54) is 55.1 Å². The van der Waals surface area contributed by atoms with Gasteiger partial charge < -0.3 is 18.9 Å². The Morgan fingerprint density at radius 1 is 0.364 bits per heavy atom. The van der Waals surface area contributed by atoms with Crippen molar-refractivity contribution in [1.29, 1.82) is 0 Å². The minimum atomic E-state index is -0.553. The second-order valence-electron chi connectivity index (χ2n) is 11.2. The van der Waals surface area contributed by atoms with Crippen molar-refractivity contribution in [1.82, 2.24) is 0 Å². The number of hydrogen-bond donors (Lipinski definition) is 0. The molecule has 0 bridgehead atoms. The summed E-state index contributed by atoms with van der Waals surface area (Å²) in [7, 11) is 5.96. The van der Waals surface area contributed by atoms with Crippen LogP contribution in [0, 0.1) is 0 Å². The van der Waals surface area contributed by atoms with Crippen LogP contribution >= 0.6 is 15.8 Å². The highest BCUT2D eigenvalue weighted by molar-refractivity contribution is 7.70. The van der Waals surface area contributed by atoms with Crippen LogP contribution in [-0.4, -0.2) is 28.4 Å². The van der Waals surface area contributed by atoms with Gasteiger partial charge in [0, 0.05) is 22.3 Å². The lowest BCUT2D eigenvalue weighted by atomic mass is 9.95. The van der Waals surface area contributed by atoms with Gasteiger partial charge in [0.05, 0.1) is 28.4 Å². The molecule has 0 aliphatic carbocycles. The Morgan fingerprint density at radius 2 is 0.636 bits per heavy atom. The van der Waals surface area contributed by atoms with E-state index in [0.29, 0.717) is 0 Å². The average molecular weight is 619 g/mol. The lowest BCUT2D eigenvalue weighted by molar-refractivity contribution is 0.410. The van der Waals surface area contributed by atoms with E-state index in [1.807, 2.05) is 0 Å². The third kappa shape index (κ3) is 4.95. The normalized spacial score (nSPS) is 14.3. The second kappa shape index (κ2) is 12.3. The summed E-state index contributed by atoms with van der Waals surface area (Å²) in [4.78, 5) is 0. The first kappa shape index (κ1) is 28.9. The lowest BCUT2D eigenvalue weighted by Crippen LogP contribution is -2.23. The quantitative estimate of drug-likeness (QED) is 0.179. The van der Waals surface area contributed by atoms with Gasteiger partial charge in [0.1, 0.15) is 23.0 Å². The van der Waals surface area contributed by atoms with E-state index in [9.17, 15) is 0 Å². The van der Waals surface area contributed by atoms with E-state index in [0.717, 1.165) is 47.6 Å². The van der Waals surface area contributed by atoms with Crippen molar-refractivity contribution in [3.05, 3.63) is 119 Å². The van der Waals surface area contributed by atoms with Crippen molar-refractivity contribution < 1.29 is 18.9 Å². The van der Waals surface area contributed by atoms with Crippen LogP contribution in [0.3, 0.4) is 0 Å². The summed E-state index contributed by atoms with van der Waals surface area (Å²) in [5.74, 6) is 3.62. The van der Waals surface area contributed by atoms with Gasteiger partial charge in [0.15, 0.2) is 0 Å². The van der Waals surface area contributed by atoms with E-state index in [4.69, 9.17) is 18.9 Å². The van der Waals surface area contributed by atoms with Crippen LogP contribution in [-0.2, 0) is 24.6 Å². The van der Waals surface area contributed by atoms with E-state index in [-0.39, 0.29) is 0 Å². The van der Waals surface area contributed by atoms with Gasteiger partial charge in [-0.15, -0.1) is 0 Å². The molecule has 0 radical (unpaired) electrons. The number of benzene rings is 5. The molecule has 0 N–H and O–H groups in total. The Hall–Kier alpha value is -3.84. The fourth-order valence-corrected chi connectivity index (χ4v) is 12.8. The highest BCUT2D eigenvalue weighted by Crippen LogP contribution is 2.57. The van der Waals surface area contributed by atoms with Gasteiger partial charge in [0.2, 0.25) is 0 Å². The molecule has 44 heavy (non-hydrogen) atoms. The van der Waals surface area contributed by atoms with Crippen LogP contribution in [0.4, 0.5) is 0 Å². The van der Waals surface area contributed by atoms with Crippen LogP contribution < -0.4 is 29.6 Å². The van der Waals surface area contributed by atoms with Gasteiger partial charge in [-0.05, 0) is 81.8 Å². The fourth-order valence-electron chi connectivity index (χ4n) is 6.92. The zero-order chi connectivity index (χ0) is 30.2. The van der Waals surface area contributed by atoms with Crippen LogP contribution in [0.1, 0.15) is 22.3 Å². The Morgan fingerprint density at radius 3 is 0.886 bits per heavy atom.